The zero-order valence-electron chi connectivity index (χ0n) is 8.00. The molecule has 0 amide bonds. The van der Waals surface area contributed by atoms with E-state index >= 15 is 0 Å². The largest absolute Gasteiger partial charge is 0.271 e. The van der Waals surface area contributed by atoms with E-state index in [1.165, 1.54) is 0 Å². The van der Waals surface area contributed by atoms with Crippen molar-refractivity contribution in [2.45, 2.75) is 20.5 Å². The van der Waals surface area contributed by atoms with Crippen molar-refractivity contribution in [1.82, 2.24) is 9.78 Å². The van der Waals surface area contributed by atoms with E-state index in [1.54, 1.807) is 4.68 Å². The molecule has 4 nitrogen and oxygen atoms in total. The Hall–Kier alpha value is -0.390. The molecule has 0 aliphatic heterocycles. The molecule has 0 aliphatic rings. The quantitative estimate of drug-likeness (QED) is 0.465. The van der Waals surface area contributed by atoms with Crippen molar-refractivity contribution >= 4 is 15.9 Å². The lowest BCUT2D eigenvalue weighted by atomic mass is 10.4. The van der Waals surface area contributed by atoms with Crippen molar-refractivity contribution in [3.05, 3.63) is 15.9 Å². The van der Waals surface area contributed by atoms with E-state index in [0.717, 1.165) is 15.9 Å². The number of hydrogen-bond donors (Lipinski definition) is 0. The van der Waals surface area contributed by atoms with Crippen molar-refractivity contribution in [2.24, 2.45) is 7.05 Å². The summed E-state index contributed by atoms with van der Waals surface area (Å²) in [6.45, 7) is 4.78. The molecule has 1 aromatic rings. The summed E-state index contributed by atoms with van der Waals surface area (Å²) in [5, 5.41) is 4.25. The number of hydrogen-bond acceptors (Lipinski definition) is 3. The first-order valence-corrected chi connectivity index (χ1v) is 4.88. The zero-order valence-corrected chi connectivity index (χ0v) is 9.59. The molecule has 0 atom stereocenters. The van der Waals surface area contributed by atoms with Gasteiger partial charge in [0.25, 0.3) is 0 Å². The molecule has 0 saturated carbocycles. The maximum absolute atomic E-state index is 4.91. The summed E-state index contributed by atoms with van der Waals surface area (Å²) in [4.78, 5) is 9.68. The Bertz CT molecular complexity index is 286. The molecule has 5 heteroatoms. The highest BCUT2D eigenvalue weighted by molar-refractivity contribution is 9.10. The Morgan fingerprint density at radius 2 is 2.15 bits per heavy atom. The summed E-state index contributed by atoms with van der Waals surface area (Å²) in [5.74, 6) is 0. The van der Waals surface area contributed by atoms with Crippen LogP contribution >= 0.6 is 15.9 Å². The van der Waals surface area contributed by atoms with E-state index in [0.29, 0.717) is 13.2 Å². The Kier molecular flexibility index (Phi) is 3.90. The van der Waals surface area contributed by atoms with Crippen LogP contribution in [0.25, 0.3) is 0 Å². The molecule has 0 unspecified atom stereocenters. The van der Waals surface area contributed by atoms with Crippen LogP contribution in [-0.4, -0.2) is 16.4 Å². The molecule has 0 aliphatic carbocycles. The molecule has 0 radical (unpaired) electrons. The van der Waals surface area contributed by atoms with Crippen LogP contribution in [-0.2, 0) is 23.4 Å². The summed E-state index contributed by atoms with van der Waals surface area (Å²) in [6.07, 6.45) is 0. The van der Waals surface area contributed by atoms with E-state index in [2.05, 4.69) is 21.0 Å². The normalized spacial score (nSPS) is 10.8. The Morgan fingerprint density at radius 1 is 1.46 bits per heavy atom. The van der Waals surface area contributed by atoms with Crippen molar-refractivity contribution < 1.29 is 9.78 Å². The minimum atomic E-state index is 0.371. The second-order valence-electron chi connectivity index (χ2n) is 2.64. The number of aromatic nitrogens is 2. The summed E-state index contributed by atoms with van der Waals surface area (Å²) in [6, 6.07) is 0. The van der Waals surface area contributed by atoms with Gasteiger partial charge in [0, 0.05) is 12.7 Å². The third-order valence-electron chi connectivity index (χ3n) is 1.72. The van der Waals surface area contributed by atoms with Gasteiger partial charge in [0.15, 0.2) is 0 Å². The number of halogens is 1. The van der Waals surface area contributed by atoms with Crippen LogP contribution in [0.1, 0.15) is 18.3 Å². The third kappa shape index (κ3) is 2.52. The van der Waals surface area contributed by atoms with Crippen LogP contribution in [0.15, 0.2) is 4.47 Å². The molecule has 0 N–H and O–H groups in total. The molecular formula is C8H13BrN2O2. The lowest BCUT2D eigenvalue weighted by Crippen LogP contribution is -1.97. The Labute approximate surface area is 85.9 Å². The average molecular weight is 249 g/mol. The molecule has 0 spiro atoms. The molecule has 0 fully saturated rings. The first-order valence-electron chi connectivity index (χ1n) is 4.09. The molecule has 0 saturated heterocycles. The summed E-state index contributed by atoms with van der Waals surface area (Å²) >= 11 is 3.43. The van der Waals surface area contributed by atoms with Crippen LogP contribution in [0.4, 0.5) is 0 Å². The highest BCUT2D eigenvalue weighted by Gasteiger charge is 2.09. The van der Waals surface area contributed by atoms with Gasteiger partial charge in [0.1, 0.15) is 12.3 Å². The van der Waals surface area contributed by atoms with Gasteiger partial charge >= 0.3 is 0 Å². The monoisotopic (exact) mass is 248 g/mol. The second kappa shape index (κ2) is 4.74. The molecule has 13 heavy (non-hydrogen) atoms. The topological polar surface area (TPSA) is 36.3 Å². The van der Waals surface area contributed by atoms with E-state index in [9.17, 15) is 0 Å². The van der Waals surface area contributed by atoms with Crippen LogP contribution in [0.5, 0.6) is 0 Å². The van der Waals surface area contributed by atoms with Crippen LogP contribution in [0.3, 0.4) is 0 Å². The fourth-order valence-corrected chi connectivity index (χ4v) is 1.37. The summed E-state index contributed by atoms with van der Waals surface area (Å²) < 4.78 is 2.78. The molecule has 74 valence electrons. The molecule has 1 rings (SSSR count). The molecule has 0 bridgehead atoms. The standard InChI is InChI=1S/C8H13BrN2O2/c1-4-12-13-5-7-8(9)6(2)11(3)10-7/h4-5H2,1-3H3. The fraction of sp³-hybridized carbons (Fsp3) is 0.625. The van der Waals surface area contributed by atoms with Gasteiger partial charge in [0.2, 0.25) is 0 Å². The van der Waals surface area contributed by atoms with Crippen LogP contribution in [0.2, 0.25) is 0 Å². The SMILES string of the molecule is CCOOCc1nn(C)c(C)c1Br. The lowest BCUT2D eigenvalue weighted by Gasteiger charge is -1.98. The fourth-order valence-electron chi connectivity index (χ4n) is 0.924. The van der Waals surface area contributed by atoms with Crippen LogP contribution in [0, 0.1) is 6.92 Å². The van der Waals surface area contributed by atoms with Gasteiger partial charge in [-0.2, -0.15) is 5.10 Å². The maximum Gasteiger partial charge on any atom is 0.127 e. The van der Waals surface area contributed by atoms with Gasteiger partial charge in [-0.1, -0.05) is 0 Å². The smallest absolute Gasteiger partial charge is 0.127 e. The van der Waals surface area contributed by atoms with Gasteiger partial charge in [-0.3, -0.25) is 4.68 Å². The van der Waals surface area contributed by atoms with Crippen molar-refractivity contribution in [3.63, 3.8) is 0 Å². The molecule has 0 aromatic carbocycles. The highest BCUT2D eigenvalue weighted by Crippen LogP contribution is 2.20. The van der Waals surface area contributed by atoms with E-state index < -0.39 is 0 Å². The maximum atomic E-state index is 4.91. The van der Waals surface area contributed by atoms with Gasteiger partial charge in [0.05, 0.1) is 11.1 Å². The predicted molar refractivity (Wildman–Crippen MR) is 52.1 cm³/mol. The summed E-state index contributed by atoms with van der Waals surface area (Å²) in [7, 11) is 1.89. The van der Waals surface area contributed by atoms with Gasteiger partial charge in [-0.05, 0) is 29.8 Å². The minimum Gasteiger partial charge on any atom is -0.271 e. The van der Waals surface area contributed by atoms with Gasteiger partial charge in [-0.25, -0.2) is 9.78 Å². The second-order valence-corrected chi connectivity index (χ2v) is 3.43. The number of rotatable bonds is 4. The highest BCUT2D eigenvalue weighted by atomic mass is 79.9. The van der Waals surface area contributed by atoms with Crippen molar-refractivity contribution in [3.8, 4) is 0 Å². The third-order valence-corrected chi connectivity index (χ3v) is 2.76. The van der Waals surface area contributed by atoms with Gasteiger partial charge in [-0.15, -0.1) is 0 Å². The molecule has 1 heterocycles. The van der Waals surface area contributed by atoms with Gasteiger partial charge < -0.3 is 0 Å². The summed E-state index contributed by atoms with van der Waals surface area (Å²) in [5.41, 5.74) is 1.93. The average Bonchev–Trinajstić information content (AvgIpc) is 2.34. The van der Waals surface area contributed by atoms with Crippen molar-refractivity contribution in [1.29, 1.82) is 0 Å². The number of aryl methyl sites for hydroxylation is 1. The molecular weight excluding hydrogens is 236 g/mol. The van der Waals surface area contributed by atoms with E-state index in [4.69, 9.17) is 9.78 Å². The minimum absolute atomic E-state index is 0.371. The van der Waals surface area contributed by atoms with E-state index in [-0.39, 0.29) is 0 Å². The zero-order chi connectivity index (χ0) is 9.84. The predicted octanol–water partition coefficient (Wildman–Crippen LogP) is 1.96. The molecule has 1 aromatic heterocycles. The number of nitrogens with zero attached hydrogens (tertiary/aromatic N) is 2. The first kappa shape index (κ1) is 10.7. The van der Waals surface area contributed by atoms with Crippen LogP contribution < -0.4 is 0 Å². The Morgan fingerprint density at radius 3 is 2.62 bits per heavy atom. The van der Waals surface area contributed by atoms with Crippen molar-refractivity contribution in [2.75, 3.05) is 6.61 Å². The van der Waals surface area contributed by atoms with E-state index in [1.807, 2.05) is 20.9 Å². The Balaban J connectivity index is 2.61. The lowest BCUT2D eigenvalue weighted by molar-refractivity contribution is -0.301. The first-order chi connectivity index (χ1) is 6.16.